The van der Waals surface area contributed by atoms with E-state index in [-0.39, 0.29) is 34.3 Å². The van der Waals surface area contributed by atoms with Crippen LogP contribution in [0.3, 0.4) is 0 Å². The summed E-state index contributed by atoms with van der Waals surface area (Å²) in [4.78, 5) is 12.8. The topological polar surface area (TPSA) is 115 Å². The highest BCUT2D eigenvalue weighted by molar-refractivity contribution is 9.10. The van der Waals surface area contributed by atoms with Gasteiger partial charge in [-0.05, 0) is 55.4 Å². The van der Waals surface area contributed by atoms with Crippen molar-refractivity contribution in [3.63, 3.8) is 0 Å². The van der Waals surface area contributed by atoms with Gasteiger partial charge in [0.05, 0.1) is 25.8 Å². The van der Waals surface area contributed by atoms with E-state index in [2.05, 4.69) is 31.3 Å². The molecule has 0 aromatic heterocycles. The molecule has 3 rings (SSSR count). The van der Waals surface area contributed by atoms with Crippen LogP contribution in [0.1, 0.15) is 22.8 Å². The van der Waals surface area contributed by atoms with Crippen LogP contribution in [0.4, 0.5) is 0 Å². The summed E-state index contributed by atoms with van der Waals surface area (Å²) in [7, 11) is -1.13. The number of carbonyl (C=O) groups excluding carboxylic acids is 1. The number of fused-ring (bicyclic) bond motifs is 1. The molecule has 0 radical (unpaired) electrons. The molecule has 1 heterocycles. The van der Waals surface area contributed by atoms with E-state index < -0.39 is 10.0 Å². The standard InChI is InChI=1S/C21H24BrN3O6S2/c1-4-23-21(32)25-33(27,28)19-8-12-7-14(11-31-17(12)10-18(19)30-3)24-20(26)15-9-13(22)5-6-16(15)29-2/h5-6,8-10,14H,4,7,11H2,1-3H3,(H,24,26)(H2,23,25,32). The molecule has 1 unspecified atom stereocenters. The van der Waals surface area contributed by atoms with E-state index >= 15 is 0 Å². The molecule has 1 aliphatic rings. The number of halogens is 1. The Morgan fingerprint density at radius 2 is 1.94 bits per heavy atom. The number of ether oxygens (including phenoxy) is 3. The third-order valence-corrected chi connectivity index (χ3v) is 7.09. The fraction of sp³-hybridized carbons (Fsp3) is 0.333. The van der Waals surface area contributed by atoms with E-state index in [1.165, 1.54) is 26.4 Å². The van der Waals surface area contributed by atoms with Crippen LogP contribution in [0.5, 0.6) is 17.2 Å². The summed E-state index contributed by atoms with van der Waals surface area (Å²) in [5, 5.41) is 5.65. The monoisotopic (exact) mass is 557 g/mol. The van der Waals surface area contributed by atoms with Crippen LogP contribution in [0.2, 0.25) is 0 Å². The first-order chi connectivity index (χ1) is 15.7. The molecule has 0 aliphatic carbocycles. The number of sulfonamides is 1. The highest BCUT2D eigenvalue weighted by Gasteiger charge is 2.28. The van der Waals surface area contributed by atoms with Crippen molar-refractivity contribution in [2.24, 2.45) is 0 Å². The fourth-order valence-electron chi connectivity index (χ4n) is 3.35. The van der Waals surface area contributed by atoms with E-state index in [9.17, 15) is 13.2 Å². The summed E-state index contributed by atoms with van der Waals surface area (Å²) >= 11 is 8.37. The summed E-state index contributed by atoms with van der Waals surface area (Å²) in [6.07, 6.45) is 0.363. The third kappa shape index (κ3) is 5.87. The predicted octanol–water partition coefficient (Wildman–Crippen LogP) is 2.37. The molecule has 2 aromatic carbocycles. The predicted molar refractivity (Wildman–Crippen MR) is 131 cm³/mol. The second kappa shape index (κ2) is 10.6. The van der Waals surface area contributed by atoms with Gasteiger partial charge in [0.25, 0.3) is 15.9 Å². The van der Waals surface area contributed by atoms with Crippen molar-refractivity contribution in [2.75, 3.05) is 27.4 Å². The van der Waals surface area contributed by atoms with Crippen LogP contribution in [0, 0.1) is 0 Å². The largest absolute Gasteiger partial charge is 0.496 e. The SMILES string of the molecule is CCNC(=S)NS(=O)(=O)c1cc2c(cc1OC)OCC(NC(=O)c1cc(Br)ccc1OC)C2. The highest BCUT2D eigenvalue weighted by Crippen LogP contribution is 2.35. The molecule has 12 heteroatoms. The third-order valence-electron chi connectivity index (χ3n) is 4.85. The van der Waals surface area contributed by atoms with Crippen molar-refractivity contribution >= 4 is 49.2 Å². The summed E-state index contributed by atoms with van der Waals surface area (Å²) in [5.74, 6) is 0.727. The zero-order valence-electron chi connectivity index (χ0n) is 18.2. The normalized spacial score (nSPS) is 15.0. The van der Waals surface area contributed by atoms with Gasteiger partial charge in [-0.15, -0.1) is 0 Å². The van der Waals surface area contributed by atoms with E-state index in [0.717, 1.165) is 4.47 Å². The Hall–Kier alpha value is -2.57. The summed E-state index contributed by atoms with van der Waals surface area (Å²) in [5.41, 5.74) is 0.986. The second-order valence-corrected chi connectivity index (χ2v) is 10.1. The molecule has 1 amide bonds. The molecule has 1 atom stereocenters. The highest BCUT2D eigenvalue weighted by atomic mass is 79.9. The Balaban J connectivity index is 1.84. The number of amides is 1. The number of nitrogens with one attached hydrogen (secondary N) is 3. The van der Waals surface area contributed by atoms with Crippen molar-refractivity contribution in [3.8, 4) is 17.2 Å². The quantitative estimate of drug-likeness (QED) is 0.444. The van der Waals surface area contributed by atoms with Gasteiger partial charge in [0.15, 0.2) is 5.11 Å². The number of thiocarbonyl (C=S) groups is 1. The Labute approximate surface area is 206 Å². The van der Waals surface area contributed by atoms with E-state index in [4.69, 9.17) is 26.4 Å². The zero-order valence-corrected chi connectivity index (χ0v) is 21.4. The molecule has 0 bridgehead atoms. The number of methoxy groups -OCH3 is 2. The molecular weight excluding hydrogens is 534 g/mol. The van der Waals surface area contributed by atoms with Gasteiger partial charge in [-0.25, -0.2) is 8.42 Å². The van der Waals surface area contributed by atoms with Gasteiger partial charge >= 0.3 is 0 Å². The van der Waals surface area contributed by atoms with Crippen LogP contribution >= 0.6 is 28.1 Å². The van der Waals surface area contributed by atoms with Crippen molar-refractivity contribution in [3.05, 3.63) is 45.9 Å². The van der Waals surface area contributed by atoms with Crippen molar-refractivity contribution < 1.29 is 27.4 Å². The van der Waals surface area contributed by atoms with Crippen molar-refractivity contribution in [1.82, 2.24) is 15.4 Å². The van der Waals surface area contributed by atoms with E-state index in [0.29, 0.717) is 35.6 Å². The van der Waals surface area contributed by atoms with Gasteiger partial charge < -0.3 is 24.8 Å². The summed E-state index contributed by atoms with van der Waals surface area (Å²) < 4.78 is 45.2. The Morgan fingerprint density at radius 1 is 1.21 bits per heavy atom. The molecule has 0 spiro atoms. The molecule has 0 saturated heterocycles. The molecule has 3 N–H and O–H groups in total. The molecule has 0 saturated carbocycles. The number of carbonyl (C=O) groups is 1. The summed E-state index contributed by atoms with van der Waals surface area (Å²) in [6.45, 7) is 2.49. The first-order valence-electron chi connectivity index (χ1n) is 9.97. The second-order valence-electron chi connectivity index (χ2n) is 7.11. The maximum Gasteiger partial charge on any atom is 0.267 e. The van der Waals surface area contributed by atoms with Gasteiger partial charge in [0.1, 0.15) is 28.8 Å². The average Bonchev–Trinajstić information content (AvgIpc) is 2.77. The van der Waals surface area contributed by atoms with Gasteiger partial charge in [-0.2, -0.15) is 0 Å². The maximum atomic E-state index is 12.9. The van der Waals surface area contributed by atoms with Gasteiger partial charge in [-0.3, -0.25) is 9.52 Å². The van der Waals surface area contributed by atoms with Crippen LogP contribution in [-0.4, -0.2) is 52.9 Å². The minimum atomic E-state index is -4.00. The minimum absolute atomic E-state index is 0.0124. The van der Waals surface area contributed by atoms with Crippen molar-refractivity contribution in [1.29, 1.82) is 0 Å². The Morgan fingerprint density at radius 3 is 2.61 bits per heavy atom. The van der Waals surface area contributed by atoms with Crippen LogP contribution < -0.4 is 29.6 Å². The first kappa shape index (κ1) is 25.1. The molecule has 9 nitrogen and oxygen atoms in total. The van der Waals surface area contributed by atoms with E-state index in [1.54, 1.807) is 25.1 Å². The number of benzene rings is 2. The molecule has 33 heavy (non-hydrogen) atoms. The maximum absolute atomic E-state index is 12.9. The van der Waals surface area contributed by atoms with Crippen molar-refractivity contribution in [2.45, 2.75) is 24.3 Å². The number of hydrogen-bond acceptors (Lipinski definition) is 7. The van der Waals surface area contributed by atoms with Gasteiger partial charge in [0.2, 0.25) is 0 Å². The molecule has 1 aliphatic heterocycles. The Kier molecular flexibility index (Phi) is 8.03. The molecule has 178 valence electrons. The molecule has 2 aromatic rings. The Bertz CT molecular complexity index is 1170. The number of hydrogen-bond donors (Lipinski definition) is 3. The minimum Gasteiger partial charge on any atom is -0.496 e. The zero-order chi connectivity index (χ0) is 24.2. The fourth-order valence-corrected chi connectivity index (χ4v) is 5.31. The lowest BCUT2D eigenvalue weighted by atomic mass is 10.0. The van der Waals surface area contributed by atoms with Crippen LogP contribution in [-0.2, 0) is 16.4 Å². The van der Waals surface area contributed by atoms with Gasteiger partial charge in [0, 0.05) is 17.1 Å². The lowest BCUT2D eigenvalue weighted by Gasteiger charge is -2.27. The first-order valence-corrected chi connectivity index (χ1v) is 12.7. The smallest absolute Gasteiger partial charge is 0.267 e. The molecular formula is C21H24BrN3O6S2. The number of rotatable bonds is 7. The average molecular weight is 558 g/mol. The van der Waals surface area contributed by atoms with Crippen LogP contribution in [0.15, 0.2) is 39.7 Å². The lowest BCUT2D eigenvalue weighted by Crippen LogP contribution is -2.43. The van der Waals surface area contributed by atoms with E-state index in [1.807, 2.05) is 0 Å². The van der Waals surface area contributed by atoms with Crippen LogP contribution in [0.25, 0.3) is 0 Å². The lowest BCUT2D eigenvalue weighted by molar-refractivity contribution is 0.0912. The van der Waals surface area contributed by atoms with Gasteiger partial charge in [-0.1, -0.05) is 15.9 Å². The molecule has 0 fully saturated rings. The summed E-state index contributed by atoms with van der Waals surface area (Å²) in [6, 6.07) is 7.76.